The Kier molecular flexibility index (Phi) is 5.25. The van der Waals surface area contributed by atoms with E-state index in [0.717, 1.165) is 41.9 Å². The smallest absolute Gasteiger partial charge is 0.104 e. The summed E-state index contributed by atoms with van der Waals surface area (Å²) in [6.45, 7) is 2.97. The molecule has 2 heterocycles. The first-order valence-electron chi connectivity index (χ1n) is 5.94. The Labute approximate surface area is 111 Å². The molecule has 1 saturated heterocycles. The van der Waals surface area contributed by atoms with E-state index in [1.165, 1.54) is 0 Å². The molecule has 1 aromatic heterocycles. The zero-order chi connectivity index (χ0) is 12.1. The number of rotatable bonds is 5. The molecule has 0 amide bonds. The van der Waals surface area contributed by atoms with Crippen LogP contribution in [0, 0.1) is 5.92 Å². The van der Waals surface area contributed by atoms with E-state index in [0.29, 0.717) is 12.5 Å². The van der Waals surface area contributed by atoms with E-state index in [1.54, 1.807) is 11.3 Å². The van der Waals surface area contributed by atoms with Crippen LogP contribution in [0.4, 0.5) is 0 Å². The predicted octanol–water partition coefficient (Wildman–Crippen LogP) is 2.84. The van der Waals surface area contributed by atoms with E-state index in [-0.39, 0.29) is 6.10 Å². The Hall–Kier alpha value is -0.130. The van der Waals surface area contributed by atoms with Crippen LogP contribution in [0.25, 0.3) is 0 Å². The van der Waals surface area contributed by atoms with Crippen molar-refractivity contribution in [1.29, 1.82) is 0 Å². The topological polar surface area (TPSA) is 44.5 Å². The van der Waals surface area contributed by atoms with Gasteiger partial charge in [-0.15, -0.1) is 11.3 Å². The number of ether oxygens (including phenoxy) is 2. The van der Waals surface area contributed by atoms with Gasteiger partial charge in [-0.05, 0) is 30.9 Å². The van der Waals surface area contributed by atoms with E-state index in [9.17, 15) is 0 Å². The second kappa shape index (κ2) is 6.71. The van der Waals surface area contributed by atoms with Crippen LogP contribution >= 0.6 is 22.9 Å². The Balaban J connectivity index is 1.82. The van der Waals surface area contributed by atoms with E-state index >= 15 is 0 Å². The monoisotopic (exact) mass is 275 g/mol. The Morgan fingerprint density at radius 2 is 2.24 bits per heavy atom. The van der Waals surface area contributed by atoms with Crippen molar-refractivity contribution in [2.45, 2.75) is 18.9 Å². The molecule has 1 aliphatic rings. The third kappa shape index (κ3) is 3.93. The molecular weight excluding hydrogens is 258 g/mol. The van der Waals surface area contributed by atoms with Gasteiger partial charge in [-0.3, -0.25) is 0 Å². The molecule has 96 valence electrons. The summed E-state index contributed by atoms with van der Waals surface area (Å²) in [5.74, 6) is 0.605. The van der Waals surface area contributed by atoms with Crippen LogP contribution in [0.5, 0.6) is 0 Å². The van der Waals surface area contributed by atoms with Gasteiger partial charge in [-0.2, -0.15) is 0 Å². The zero-order valence-corrected chi connectivity index (χ0v) is 11.3. The molecule has 3 nitrogen and oxygen atoms in total. The number of nitrogens with two attached hydrogens (primary N) is 1. The van der Waals surface area contributed by atoms with Crippen LogP contribution in [0.15, 0.2) is 12.1 Å². The van der Waals surface area contributed by atoms with Crippen LogP contribution in [-0.4, -0.2) is 26.4 Å². The van der Waals surface area contributed by atoms with E-state index < -0.39 is 0 Å². The Morgan fingerprint density at radius 3 is 2.82 bits per heavy atom. The summed E-state index contributed by atoms with van der Waals surface area (Å²) in [5.41, 5.74) is 5.74. The molecule has 0 bridgehead atoms. The molecule has 17 heavy (non-hydrogen) atoms. The molecule has 1 unspecified atom stereocenters. The minimum absolute atomic E-state index is 0.0182. The largest absolute Gasteiger partial charge is 0.381 e. The van der Waals surface area contributed by atoms with E-state index in [2.05, 4.69) is 0 Å². The maximum atomic E-state index is 5.92. The molecule has 0 aromatic carbocycles. The van der Waals surface area contributed by atoms with Gasteiger partial charge in [0.2, 0.25) is 0 Å². The minimum Gasteiger partial charge on any atom is -0.381 e. The molecular formula is C12H18ClNO2S. The maximum Gasteiger partial charge on any atom is 0.104 e. The molecule has 1 aromatic rings. The highest BCUT2D eigenvalue weighted by Gasteiger charge is 2.18. The highest BCUT2D eigenvalue weighted by molar-refractivity contribution is 7.16. The standard InChI is InChI=1S/C12H18ClNO2S/c13-12-2-1-11(17-12)10(7-14)16-8-9-3-5-15-6-4-9/h1-2,9-10H,3-8,14H2. The normalized spacial score (nSPS) is 19.4. The average Bonchev–Trinajstić information content (AvgIpc) is 2.78. The van der Waals surface area contributed by atoms with Crippen molar-refractivity contribution >= 4 is 22.9 Å². The summed E-state index contributed by atoms with van der Waals surface area (Å²) < 4.78 is 12.0. The second-order valence-electron chi connectivity index (χ2n) is 4.26. The van der Waals surface area contributed by atoms with Crippen molar-refractivity contribution in [3.63, 3.8) is 0 Å². The molecule has 1 atom stereocenters. The zero-order valence-electron chi connectivity index (χ0n) is 9.73. The van der Waals surface area contributed by atoms with Crippen LogP contribution in [0.2, 0.25) is 4.34 Å². The van der Waals surface area contributed by atoms with Crippen molar-refractivity contribution in [1.82, 2.24) is 0 Å². The number of hydrogen-bond donors (Lipinski definition) is 1. The molecule has 0 saturated carbocycles. The number of thiophene rings is 1. The fraction of sp³-hybridized carbons (Fsp3) is 0.667. The van der Waals surface area contributed by atoms with Gasteiger partial charge in [0.1, 0.15) is 6.10 Å². The third-order valence-corrected chi connectivity index (χ3v) is 4.32. The van der Waals surface area contributed by atoms with E-state index in [4.69, 9.17) is 26.8 Å². The van der Waals surface area contributed by atoms with Crippen LogP contribution in [0.3, 0.4) is 0 Å². The van der Waals surface area contributed by atoms with Crippen molar-refractivity contribution in [2.24, 2.45) is 11.7 Å². The predicted molar refractivity (Wildman–Crippen MR) is 70.6 cm³/mol. The summed E-state index contributed by atoms with van der Waals surface area (Å²) in [4.78, 5) is 1.12. The molecule has 1 fully saturated rings. The van der Waals surface area contributed by atoms with Crippen molar-refractivity contribution < 1.29 is 9.47 Å². The quantitative estimate of drug-likeness (QED) is 0.899. The van der Waals surface area contributed by atoms with Gasteiger partial charge in [0.05, 0.1) is 10.9 Å². The van der Waals surface area contributed by atoms with Crippen molar-refractivity contribution in [3.8, 4) is 0 Å². The SMILES string of the molecule is NCC(OCC1CCOCC1)c1ccc(Cl)s1. The average molecular weight is 276 g/mol. The molecule has 0 aliphatic carbocycles. The number of hydrogen-bond acceptors (Lipinski definition) is 4. The summed E-state index contributed by atoms with van der Waals surface area (Å²) in [6.07, 6.45) is 2.15. The van der Waals surface area contributed by atoms with Gasteiger partial charge in [0, 0.05) is 24.6 Å². The Morgan fingerprint density at radius 1 is 1.47 bits per heavy atom. The first-order valence-corrected chi connectivity index (χ1v) is 7.13. The fourth-order valence-corrected chi connectivity index (χ4v) is 3.06. The molecule has 0 radical (unpaired) electrons. The van der Waals surface area contributed by atoms with Gasteiger partial charge in [0.25, 0.3) is 0 Å². The highest BCUT2D eigenvalue weighted by Crippen LogP contribution is 2.29. The van der Waals surface area contributed by atoms with Crippen LogP contribution in [-0.2, 0) is 9.47 Å². The van der Waals surface area contributed by atoms with Gasteiger partial charge < -0.3 is 15.2 Å². The third-order valence-electron chi connectivity index (χ3n) is 3.00. The first kappa shape index (κ1) is 13.3. The molecule has 2 rings (SSSR count). The van der Waals surface area contributed by atoms with Crippen molar-refractivity contribution in [2.75, 3.05) is 26.4 Å². The van der Waals surface area contributed by atoms with Gasteiger partial charge in [-0.1, -0.05) is 11.6 Å². The summed E-state index contributed by atoms with van der Waals surface area (Å²) in [6, 6.07) is 3.89. The lowest BCUT2D eigenvalue weighted by molar-refractivity contribution is -0.00761. The van der Waals surface area contributed by atoms with Crippen LogP contribution in [0.1, 0.15) is 23.8 Å². The molecule has 5 heteroatoms. The molecule has 2 N–H and O–H groups in total. The molecule has 0 spiro atoms. The second-order valence-corrected chi connectivity index (χ2v) is 6.00. The minimum atomic E-state index is -0.0182. The maximum absolute atomic E-state index is 5.92. The van der Waals surface area contributed by atoms with Crippen LogP contribution < -0.4 is 5.73 Å². The lowest BCUT2D eigenvalue weighted by Gasteiger charge is -2.24. The van der Waals surface area contributed by atoms with Gasteiger partial charge >= 0.3 is 0 Å². The van der Waals surface area contributed by atoms with Gasteiger partial charge in [-0.25, -0.2) is 0 Å². The van der Waals surface area contributed by atoms with Crippen molar-refractivity contribution in [3.05, 3.63) is 21.3 Å². The molecule has 1 aliphatic heterocycles. The summed E-state index contributed by atoms with van der Waals surface area (Å²) >= 11 is 7.46. The lowest BCUT2D eigenvalue weighted by Crippen LogP contribution is -2.23. The highest BCUT2D eigenvalue weighted by atomic mass is 35.5. The fourth-order valence-electron chi connectivity index (χ4n) is 1.93. The van der Waals surface area contributed by atoms with E-state index in [1.807, 2.05) is 12.1 Å². The Bertz CT molecular complexity index is 339. The number of halogens is 1. The lowest BCUT2D eigenvalue weighted by atomic mass is 10.0. The van der Waals surface area contributed by atoms with Gasteiger partial charge in [0.15, 0.2) is 0 Å². The first-order chi connectivity index (χ1) is 8.29. The summed E-state index contributed by atoms with van der Waals surface area (Å²) in [5, 5.41) is 0. The summed E-state index contributed by atoms with van der Waals surface area (Å²) in [7, 11) is 0.